The maximum atomic E-state index is 9.13. The SMILES string of the molecule is OCCN(Cc1ccccc1)Cc1ccc(Cl)s1. The number of aliphatic hydroxyl groups excluding tert-OH is 1. The molecule has 1 aromatic carbocycles. The van der Waals surface area contributed by atoms with Gasteiger partial charge in [0.2, 0.25) is 0 Å². The van der Waals surface area contributed by atoms with E-state index < -0.39 is 0 Å². The van der Waals surface area contributed by atoms with Crippen molar-refractivity contribution in [1.82, 2.24) is 4.90 Å². The van der Waals surface area contributed by atoms with Gasteiger partial charge in [-0.2, -0.15) is 0 Å². The average Bonchev–Trinajstić information content (AvgIpc) is 2.76. The fourth-order valence-electron chi connectivity index (χ4n) is 1.85. The lowest BCUT2D eigenvalue weighted by Crippen LogP contribution is -2.25. The standard InChI is InChI=1S/C14H16ClNOS/c15-14-7-6-13(18-14)11-16(8-9-17)10-12-4-2-1-3-5-12/h1-7,17H,8-11H2. The summed E-state index contributed by atoms with van der Waals surface area (Å²) in [4.78, 5) is 3.45. The third-order valence-corrected chi connectivity index (χ3v) is 3.89. The lowest BCUT2D eigenvalue weighted by Gasteiger charge is -2.20. The number of nitrogens with zero attached hydrogens (tertiary/aromatic N) is 1. The Morgan fingerprint density at radius 1 is 1.06 bits per heavy atom. The van der Waals surface area contributed by atoms with Gasteiger partial charge in [-0.25, -0.2) is 0 Å². The van der Waals surface area contributed by atoms with Crippen LogP contribution in [0, 0.1) is 0 Å². The molecule has 1 N–H and O–H groups in total. The van der Waals surface area contributed by atoms with E-state index in [9.17, 15) is 0 Å². The van der Waals surface area contributed by atoms with Gasteiger partial charge in [-0.3, -0.25) is 4.90 Å². The van der Waals surface area contributed by atoms with Crippen LogP contribution in [0.3, 0.4) is 0 Å². The van der Waals surface area contributed by atoms with Gasteiger partial charge in [0.15, 0.2) is 0 Å². The van der Waals surface area contributed by atoms with Crippen LogP contribution in [-0.2, 0) is 13.1 Å². The van der Waals surface area contributed by atoms with E-state index in [2.05, 4.69) is 17.0 Å². The van der Waals surface area contributed by atoms with Crippen LogP contribution in [0.4, 0.5) is 0 Å². The van der Waals surface area contributed by atoms with Crippen LogP contribution in [-0.4, -0.2) is 23.2 Å². The summed E-state index contributed by atoms with van der Waals surface area (Å²) in [6, 6.07) is 14.3. The predicted octanol–water partition coefficient (Wildman–Crippen LogP) is 3.40. The van der Waals surface area contributed by atoms with Gasteiger partial charge in [-0.15, -0.1) is 11.3 Å². The van der Waals surface area contributed by atoms with E-state index in [4.69, 9.17) is 16.7 Å². The highest BCUT2D eigenvalue weighted by molar-refractivity contribution is 7.16. The molecule has 2 aromatic rings. The van der Waals surface area contributed by atoms with E-state index in [0.29, 0.717) is 6.54 Å². The summed E-state index contributed by atoms with van der Waals surface area (Å²) in [5, 5.41) is 9.13. The van der Waals surface area contributed by atoms with Gasteiger partial charge in [0.1, 0.15) is 0 Å². The number of hydrogen-bond acceptors (Lipinski definition) is 3. The van der Waals surface area contributed by atoms with E-state index in [-0.39, 0.29) is 6.61 Å². The molecule has 0 aliphatic carbocycles. The molecule has 1 aromatic heterocycles. The zero-order valence-corrected chi connectivity index (χ0v) is 11.6. The van der Waals surface area contributed by atoms with Gasteiger partial charge in [0.05, 0.1) is 10.9 Å². The summed E-state index contributed by atoms with van der Waals surface area (Å²) in [5.74, 6) is 0. The first kappa shape index (κ1) is 13.6. The van der Waals surface area contributed by atoms with E-state index in [1.807, 2.05) is 30.3 Å². The second-order valence-corrected chi connectivity index (χ2v) is 5.93. The van der Waals surface area contributed by atoms with Crippen molar-refractivity contribution < 1.29 is 5.11 Å². The van der Waals surface area contributed by atoms with E-state index in [1.165, 1.54) is 10.4 Å². The third kappa shape index (κ3) is 4.10. The molecule has 2 rings (SSSR count). The Kier molecular flexibility index (Phi) is 5.20. The van der Waals surface area contributed by atoms with Crippen LogP contribution >= 0.6 is 22.9 Å². The summed E-state index contributed by atoms with van der Waals surface area (Å²) < 4.78 is 0.814. The second kappa shape index (κ2) is 6.90. The summed E-state index contributed by atoms with van der Waals surface area (Å²) >= 11 is 7.53. The van der Waals surface area contributed by atoms with Crippen molar-refractivity contribution in [2.24, 2.45) is 0 Å². The maximum absolute atomic E-state index is 9.13. The molecule has 0 radical (unpaired) electrons. The van der Waals surface area contributed by atoms with E-state index in [1.54, 1.807) is 11.3 Å². The van der Waals surface area contributed by atoms with Gasteiger partial charge in [-0.1, -0.05) is 41.9 Å². The van der Waals surface area contributed by atoms with E-state index >= 15 is 0 Å². The fourth-order valence-corrected chi connectivity index (χ4v) is 2.98. The minimum atomic E-state index is 0.173. The first-order chi connectivity index (χ1) is 8.78. The van der Waals surface area contributed by atoms with Gasteiger partial charge in [-0.05, 0) is 17.7 Å². The van der Waals surface area contributed by atoms with Crippen molar-refractivity contribution in [3.05, 3.63) is 57.2 Å². The largest absolute Gasteiger partial charge is 0.395 e. The molecular weight excluding hydrogens is 266 g/mol. The minimum absolute atomic E-state index is 0.173. The molecule has 2 nitrogen and oxygen atoms in total. The Morgan fingerprint density at radius 3 is 2.44 bits per heavy atom. The number of aliphatic hydroxyl groups is 1. The molecule has 0 saturated carbocycles. The normalized spacial score (nSPS) is 11.1. The molecular formula is C14H16ClNOS. The Balaban J connectivity index is 1.99. The summed E-state index contributed by atoms with van der Waals surface area (Å²) in [6.45, 7) is 2.51. The van der Waals surface area contributed by atoms with Crippen LogP contribution in [0.5, 0.6) is 0 Å². The molecule has 0 amide bonds. The first-order valence-electron chi connectivity index (χ1n) is 5.89. The topological polar surface area (TPSA) is 23.5 Å². The molecule has 0 aliphatic heterocycles. The number of thiophene rings is 1. The van der Waals surface area contributed by atoms with Crippen molar-refractivity contribution in [3.63, 3.8) is 0 Å². The molecule has 0 unspecified atom stereocenters. The highest BCUT2D eigenvalue weighted by Crippen LogP contribution is 2.23. The van der Waals surface area contributed by atoms with Crippen LogP contribution in [0.25, 0.3) is 0 Å². The Labute approximate surface area is 116 Å². The Morgan fingerprint density at radius 2 is 1.83 bits per heavy atom. The number of rotatable bonds is 6. The zero-order chi connectivity index (χ0) is 12.8. The van der Waals surface area contributed by atoms with Crippen LogP contribution in [0.2, 0.25) is 4.34 Å². The van der Waals surface area contributed by atoms with Crippen molar-refractivity contribution in [1.29, 1.82) is 0 Å². The Bertz CT molecular complexity index is 472. The number of hydrogen-bond donors (Lipinski definition) is 1. The van der Waals surface area contributed by atoms with Crippen LogP contribution in [0.15, 0.2) is 42.5 Å². The fraction of sp³-hybridized carbons (Fsp3) is 0.286. The van der Waals surface area contributed by atoms with Crippen molar-refractivity contribution in [2.45, 2.75) is 13.1 Å². The lowest BCUT2D eigenvalue weighted by molar-refractivity contribution is 0.185. The third-order valence-electron chi connectivity index (χ3n) is 2.67. The lowest BCUT2D eigenvalue weighted by atomic mass is 10.2. The summed E-state index contributed by atoms with van der Waals surface area (Å²) in [7, 11) is 0. The molecule has 0 spiro atoms. The molecule has 0 atom stereocenters. The highest BCUT2D eigenvalue weighted by Gasteiger charge is 2.08. The predicted molar refractivity (Wildman–Crippen MR) is 77.0 cm³/mol. The molecule has 0 aliphatic rings. The first-order valence-corrected chi connectivity index (χ1v) is 7.09. The minimum Gasteiger partial charge on any atom is -0.395 e. The van der Waals surface area contributed by atoms with Crippen molar-refractivity contribution in [2.75, 3.05) is 13.2 Å². The van der Waals surface area contributed by atoms with Crippen molar-refractivity contribution in [3.8, 4) is 0 Å². The van der Waals surface area contributed by atoms with Gasteiger partial charge in [0, 0.05) is 24.5 Å². The Hall–Kier alpha value is -0.870. The van der Waals surface area contributed by atoms with Crippen LogP contribution < -0.4 is 0 Å². The van der Waals surface area contributed by atoms with Gasteiger partial charge < -0.3 is 5.11 Å². The quantitative estimate of drug-likeness (QED) is 0.877. The molecule has 18 heavy (non-hydrogen) atoms. The molecule has 0 fully saturated rings. The monoisotopic (exact) mass is 281 g/mol. The molecule has 1 heterocycles. The molecule has 0 bridgehead atoms. The summed E-state index contributed by atoms with van der Waals surface area (Å²) in [6.07, 6.45) is 0. The molecule has 0 saturated heterocycles. The maximum Gasteiger partial charge on any atom is 0.0931 e. The summed E-state index contributed by atoms with van der Waals surface area (Å²) in [5.41, 5.74) is 1.26. The van der Waals surface area contributed by atoms with Gasteiger partial charge in [0.25, 0.3) is 0 Å². The number of benzene rings is 1. The molecule has 4 heteroatoms. The van der Waals surface area contributed by atoms with Gasteiger partial charge >= 0.3 is 0 Å². The number of halogens is 1. The van der Waals surface area contributed by atoms with Crippen molar-refractivity contribution >= 4 is 22.9 Å². The molecule has 96 valence electrons. The van der Waals surface area contributed by atoms with Crippen LogP contribution in [0.1, 0.15) is 10.4 Å². The second-order valence-electron chi connectivity index (χ2n) is 4.13. The smallest absolute Gasteiger partial charge is 0.0931 e. The zero-order valence-electron chi connectivity index (χ0n) is 10.1. The van der Waals surface area contributed by atoms with E-state index in [0.717, 1.165) is 17.4 Å². The highest BCUT2D eigenvalue weighted by atomic mass is 35.5. The average molecular weight is 282 g/mol.